The second-order valence-corrected chi connectivity index (χ2v) is 7.99. The molecule has 0 amide bonds. The van der Waals surface area contributed by atoms with Gasteiger partial charge in [-0.25, -0.2) is 12.7 Å². The monoisotopic (exact) mass is 287 g/mol. The number of methoxy groups -OCH3 is 1. The van der Waals surface area contributed by atoms with Crippen LogP contribution in [0.5, 0.6) is 0 Å². The second-order valence-electron chi connectivity index (χ2n) is 5.98. The Morgan fingerprint density at radius 3 is 2.79 bits per heavy atom. The molecule has 2 atom stereocenters. The summed E-state index contributed by atoms with van der Waals surface area (Å²) in [6.07, 6.45) is 9.56. The normalized spacial score (nSPS) is 30.6. The maximum Gasteiger partial charge on any atom is 0.216 e. The average Bonchev–Trinajstić information content (AvgIpc) is 2.39. The predicted octanol–water partition coefficient (Wildman–Crippen LogP) is 2.17. The van der Waals surface area contributed by atoms with Crippen LogP contribution in [0.2, 0.25) is 0 Å². The molecule has 19 heavy (non-hydrogen) atoms. The van der Waals surface area contributed by atoms with E-state index in [1.807, 2.05) is 0 Å². The van der Waals surface area contributed by atoms with Gasteiger partial charge in [0.15, 0.2) is 0 Å². The van der Waals surface area contributed by atoms with Gasteiger partial charge >= 0.3 is 0 Å². The maximum absolute atomic E-state index is 12.4. The summed E-state index contributed by atoms with van der Waals surface area (Å²) >= 11 is 0. The van der Waals surface area contributed by atoms with Gasteiger partial charge in [0, 0.05) is 20.2 Å². The number of hydrogen-bond acceptors (Lipinski definition) is 3. The number of piperidine rings is 1. The third-order valence-electron chi connectivity index (χ3n) is 4.43. The largest absolute Gasteiger partial charge is 0.381 e. The van der Waals surface area contributed by atoms with Crippen molar-refractivity contribution in [3.05, 3.63) is 12.2 Å². The van der Waals surface area contributed by atoms with Crippen LogP contribution in [0.15, 0.2) is 12.2 Å². The molecule has 110 valence electrons. The Labute approximate surface area is 116 Å². The van der Waals surface area contributed by atoms with Gasteiger partial charge in [-0.15, -0.1) is 0 Å². The van der Waals surface area contributed by atoms with Gasteiger partial charge in [-0.05, 0) is 44.4 Å². The van der Waals surface area contributed by atoms with Crippen LogP contribution in [0.3, 0.4) is 0 Å². The Hall–Kier alpha value is -0.390. The molecule has 0 bridgehead atoms. The summed E-state index contributed by atoms with van der Waals surface area (Å²) in [6, 6.07) is 0. The number of nitrogens with zero attached hydrogens (tertiary/aromatic N) is 1. The van der Waals surface area contributed by atoms with Crippen LogP contribution < -0.4 is 0 Å². The number of allylic oxidation sites excluding steroid dienone is 2. The smallest absolute Gasteiger partial charge is 0.216 e. The molecule has 0 saturated carbocycles. The van der Waals surface area contributed by atoms with E-state index in [9.17, 15) is 8.42 Å². The van der Waals surface area contributed by atoms with Crippen molar-refractivity contribution in [2.45, 2.75) is 45.1 Å². The van der Waals surface area contributed by atoms with Crippen LogP contribution in [0.4, 0.5) is 0 Å². The van der Waals surface area contributed by atoms with Crippen LogP contribution in [-0.2, 0) is 14.8 Å². The lowest BCUT2D eigenvalue weighted by atomic mass is 9.72. The molecular weight excluding hydrogens is 262 g/mol. The number of rotatable bonds is 4. The van der Waals surface area contributed by atoms with Crippen molar-refractivity contribution in [1.29, 1.82) is 0 Å². The fraction of sp³-hybridized carbons (Fsp3) is 0.857. The Kier molecular flexibility index (Phi) is 4.69. The molecule has 0 aromatic rings. The molecule has 0 N–H and O–H groups in total. The first-order valence-corrected chi connectivity index (χ1v) is 8.74. The molecule has 0 aromatic carbocycles. The number of ether oxygens (including phenoxy) is 1. The van der Waals surface area contributed by atoms with Crippen molar-refractivity contribution < 1.29 is 13.2 Å². The molecule has 0 aromatic heterocycles. The minimum absolute atomic E-state index is 0.0927. The fourth-order valence-electron chi connectivity index (χ4n) is 3.18. The summed E-state index contributed by atoms with van der Waals surface area (Å²) in [5.41, 5.74) is 0.191. The van der Waals surface area contributed by atoms with Gasteiger partial charge in [0.25, 0.3) is 0 Å². The molecule has 2 aliphatic rings. The van der Waals surface area contributed by atoms with E-state index < -0.39 is 10.0 Å². The van der Waals surface area contributed by atoms with Crippen molar-refractivity contribution >= 4 is 10.0 Å². The molecule has 1 heterocycles. The quantitative estimate of drug-likeness (QED) is 0.745. The molecule has 1 saturated heterocycles. The van der Waals surface area contributed by atoms with Crippen molar-refractivity contribution in [1.82, 2.24) is 4.31 Å². The third-order valence-corrected chi connectivity index (χ3v) is 6.42. The van der Waals surface area contributed by atoms with Gasteiger partial charge in [0.1, 0.15) is 0 Å². The third kappa shape index (κ3) is 3.58. The van der Waals surface area contributed by atoms with Gasteiger partial charge < -0.3 is 4.74 Å². The standard InChI is InChI=1S/C14H25NO3S/c1-13(18-2)11-19(16,17)15-10-6-9-14(12-15)7-4-3-5-8-14/h3-4,13H,5-12H2,1-2H3/t13-,14+/m0/s1. The zero-order chi connectivity index (χ0) is 13.9. The molecule has 1 aliphatic heterocycles. The van der Waals surface area contributed by atoms with E-state index in [4.69, 9.17) is 4.74 Å². The molecule has 0 unspecified atom stereocenters. The van der Waals surface area contributed by atoms with E-state index in [0.717, 1.165) is 32.1 Å². The maximum atomic E-state index is 12.4. The predicted molar refractivity (Wildman–Crippen MR) is 76.5 cm³/mol. The van der Waals surface area contributed by atoms with Crippen molar-refractivity contribution in [3.8, 4) is 0 Å². The summed E-state index contributed by atoms with van der Waals surface area (Å²) < 4.78 is 31.6. The summed E-state index contributed by atoms with van der Waals surface area (Å²) in [6.45, 7) is 3.17. The Morgan fingerprint density at radius 2 is 2.16 bits per heavy atom. The van der Waals surface area contributed by atoms with E-state index in [-0.39, 0.29) is 17.3 Å². The van der Waals surface area contributed by atoms with Gasteiger partial charge in [0.2, 0.25) is 10.0 Å². The first kappa shape index (κ1) is 15.0. The van der Waals surface area contributed by atoms with E-state index in [0.29, 0.717) is 13.1 Å². The van der Waals surface area contributed by atoms with Gasteiger partial charge in [-0.2, -0.15) is 0 Å². The summed E-state index contributed by atoms with van der Waals surface area (Å²) in [5.74, 6) is 0.0927. The Morgan fingerprint density at radius 1 is 1.37 bits per heavy atom. The molecule has 4 nitrogen and oxygen atoms in total. The average molecular weight is 287 g/mol. The molecule has 1 fully saturated rings. The first-order chi connectivity index (χ1) is 8.97. The van der Waals surface area contributed by atoms with Crippen molar-refractivity contribution in [2.24, 2.45) is 5.41 Å². The minimum atomic E-state index is -3.19. The minimum Gasteiger partial charge on any atom is -0.381 e. The van der Waals surface area contributed by atoms with Crippen molar-refractivity contribution in [2.75, 3.05) is 26.0 Å². The van der Waals surface area contributed by atoms with Crippen LogP contribution >= 0.6 is 0 Å². The zero-order valence-electron chi connectivity index (χ0n) is 12.0. The lowest BCUT2D eigenvalue weighted by Crippen LogP contribution is -2.48. The van der Waals surface area contributed by atoms with E-state index in [2.05, 4.69) is 12.2 Å². The summed E-state index contributed by atoms with van der Waals surface area (Å²) in [4.78, 5) is 0. The second kappa shape index (κ2) is 5.94. The topological polar surface area (TPSA) is 46.6 Å². The van der Waals surface area contributed by atoms with Crippen LogP contribution in [0, 0.1) is 5.41 Å². The molecular formula is C14H25NO3S. The Balaban J connectivity index is 2.06. The van der Waals surface area contributed by atoms with Crippen LogP contribution in [0.1, 0.15) is 39.0 Å². The van der Waals surface area contributed by atoms with E-state index >= 15 is 0 Å². The molecule has 0 radical (unpaired) electrons. The van der Waals surface area contributed by atoms with Crippen molar-refractivity contribution in [3.63, 3.8) is 0 Å². The molecule has 1 spiro atoms. The van der Waals surface area contributed by atoms with Gasteiger partial charge in [0.05, 0.1) is 11.9 Å². The highest BCUT2D eigenvalue weighted by molar-refractivity contribution is 7.89. The highest BCUT2D eigenvalue weighted by Gasteiger charge is 2.39. The van der Waals surface area contributed by atoms with Crippen LogP contribution in [-0.4, -0.2) is 44.8 Å². The van der Waals surface area contributed by atoms with E-state index in [1.54, 1.807) is 18.3 Å². The Bertz CT molecular complexity index is 432. The lowest BCUT2D eigenvalue weighted by molar-refractivity contribution is 0.121. The highest BCUT2D eigenvalue weighted by atomic mass is 32.2. The molecule has 2 rings (SSSR count). The summed E-state index contributed by atoms with van der Waals surface area (Å²) in [7, 11) is -1.63. The number of sulfonamides is 1. The first-order valence-electron chi connectivity index (χ1n) is 7.13. The highest BCUT2D eigenvalue weighted by Crippen LogP contribution is 2.41. The summed E-state index contributed by atoms with van der Waals surface area (Å²) in [5, 5.41) is 0. The van der Waals surface area contributed by atoms with Gasteiger partial charge in [-0.3, -0.25) is 0 Å². The van der Waals surface area contributed by atoms with Gasteiger partial charge in [-0.1, -0.05) is 12.2 Å². The fourth-order valence-corrected chi connectivity index (χ4v) is 5.00. The number of hydrogen-bond donors (Lipinski definition) is 0. The molecule has 5 heteroatoms. The SMILES string of the molecule is CO[C@@H](C)CS(=O)(=O)N1CCC[C@]2(CC=CCC2)C1. The van der Waals surface area contributed by atoms with Crippen LogP contribution in [0.25, 0.3) is 0 Å². The lowest BCUT2D eigenvalue weighted by Gasteiger charge is -2.43. The molecule has 1 aliphatic carbocycles. The van der Waals surface area contributed by atoms with E-state index in [1.165, 1.54) is 0 Å². The zero-order valence-corrected chi connectivity index (χ0v) is 12.8.